The van der Waals surface area contributed by atoms with Gasteiger partial charge in [0.05, 0.1) is 11.3 Å². The number of amides is 3. The first-order valence-electron chi connectivity index (χ1n) is 6.14. The van der Waals surface area contributed by atoms with Crippen molar-refractivity contribution in [2.45, 2.75) is 6.92 Å². The quantitative estimate of drug-likeness (QED) is 0.739. The van der Waals surface area contributed by atoms with E-state index in [9.17, 15) is 19.5 Å². The molecule has 106 valence electrons. The van der Waals surface area contributed by atoms with Gasteiger partial charge in [-0.15, -0.1) is 0 Å². The summed E-state index contributed by atoms with van der Waals surface area (Å²) in [6.07, 6.45) is 0. The fourth-order valence-electron chi connectivity index (χ4n) is 2.06. The van der Waals surface area contributed by atoms with Crippen molar-refractivity contribution in [2.75, 3.05) is 25.0 Å². The van der Waals surface area contributed by atoms with Crippen molar-refractivity contribution in [3.05, 3.63) is 29.3 Å². The van der Waals surface area contributed by atoms with E-state index in [4.69, 9.17) is 0 Å². The van der Waals surface area contributed by atoms with Crippen molar-refractivity contribution in [1.82, 2.24) is 10.2 Å². The van der Waals surface area contributed by atoms with E-state index in [1.807, 2.05) is 0 Å². The zero-order valence-electron chi connectivity index (χ0n) is 11.0. The van der Waals surface area contributed by atoms with Gasteiger partial charge in [-0.1, -0.05) is 12.1 Å². The second kappa shape index (κ2) is 5.60. The highest BCUT2D eigenvalue weighted by Gasteiger charge is 2.22. The average molecular weight is 277 g/mol. The summed E-state index contributed by atoms with van der Waals surface area (Å²) < 4.78 is 0. The maximum atomic E-state index is 12.0. The molecule has 0 aliphatic carbocycles. The Labute approximate surface area is 115 Å². The van der Waals surface area contributed by atoms with Crippen LogP contribution < -0.4 is 10.6 Å². The molecule has 7 nitrogen and oxygen atoms in total. The molecule has 0 aromatic heterocycles. The normalized spacial score (nSPS) is 14.7. The molecular weight excluding hydrogens is 262 g/mol. The van der Waals surface area contributed by atoms with Crippen LogP contribution >= 0.6 is 0 Å². The Morgan fingerprint density at radius 3 is 2.80 bits per heavy atom. The number of piperazine rings is 1. The van der Waals surface area contributed by atoms with Crippen LogP contribution in [-0.2, 0) is 4.79 Å². The smallest absolute Gasteiger partial charge is 0.338 e. The number of hydrogen-bond acceptors (Lipinski definition) is 3. The number of carboxylic acid groups (broad SMARTS) is 1. The van der Waals surface area contributed by atoms with Gasteiger partial charge in [0.15, 0.2) is 0 Å². The Kier molecular flexibility index (Phi) is 3.88. The number of nitrogens with zero attached hydrogens (tertiary/aromatic N) is 1. The molecule has 2 rings (SSSR count). The lowest BCUT2D eigenvalue weighted by Gasteiger charge is -2.27. The third-order valence-electron chi connectivity index (χ3n) is 3.05. The van der Waals surface area contributed by atoms with Gasteiger partial charge >= 0.3 is 12.0 Å². The van der Waals surface area contributed by atoms with E-state index in [1.165, 1.54) is 11.0 Å². The van der Waals surface area contributed by atoms with Crippen LogP contribution in [0.3, 0.4) is 0 Å². The molecule has 1 aromatic carbocycles. The van der Waals surface area contributed by atoms with E-state index in [0.717, 1.165) is 0 Å². The number of rotatable bonds is 2. The van der Waals surface area contributed by atoms with Crippen LogP contribution in [0.15, 0.2) is 18.2 Å². The van der Waals surface area contributed by atoms with Gasteiger partial charge in [0.1, 0.15) is 6.54 Å². The highest BCUT2D eigenvalue weighted by molar-refractivity contribution is 6.01. The van der Waals surface area contributed by atoms with Crippen molar-refractivity contribution < 1.29 is 19.5 Å². The molecule has 3 N–H and O–H groups in total. The minimum atomic E-state index is -1.10. The van der Waals surface area contributed by atoms with Crippen LogP contribution in [0.4, 0.5) is 10.5 Å². The van der Waals surface area contributed by atoms with E-state index in [1.54, 1.807) is 19.1 Å². The predicted octanol–water partition coefficient (Wildman–Crippen LogP) is 0.657. The van der Waals surface area contributed by atoms with Crippen molar-refractivity contribution in [3.8, 4) is 0 Å². The lowest BCUT2D eigenvalue weighted by molar-refractivity contribution is -0.123. The summed E-state index contributed by atoms with van der Waals surface area (Å²) in [5.41, 5.74) is 0.850. The Balaban J connectivity index is 2.17. The maximum Gasteiger partial charge on any atom is 0.338 e. The molecule has 0 unspecified atom stereocenters. The van der Waals surface area contributed by atoms with Crippen molar-refractivity contribution in [2.24, 2.45) is 0 Å². The molecule has 1 aromatic rings. The molecular formula is C13H15N3O4. The Morgan fingerprint density at radius 2 is 2.15 bits per heavy atom. The minimum absolute atomic E-state index is 0.0277. The number of nitrogens with one attached hydrogen (secondary N) is 2. The molecule has 1 heterocycles. The summed E-state index contributed by atoms with van der Waals surface area (Å²) in [5.74, 6) is -1.33. The predicted molar refractivity (Wildman–Crippen MR) is 71.7 cm³/mol. The number of benzene rings is 1. The topological polar surface area (TPSA) is 98.7 Å². The first kappa shape index (κ1) is 13.9. The number of carboxylic acids is 1. The first-order valence-corrected chi connectivity index (χ1v) is 6.14. The Bertz CT molecular complexity index is 571. The van der Waals surface area contributed by atoms with Crippen LogP contribution in [0.5, 0.6) is 0 Å². The number of carbonyl (C=O) groups is 3. The lowest BCUT2D eigenvalue weighted by atomic mass is 10.1. The summed E-state index contributed by atoms with van der Waals surface area (Å²) in [6, 6.07) is 4.37. The van der Waals surface area contributed by atoms with E-state index >= 15 is 0 Å². The molecule has 1 aliphatic rings. The Morgan fingerprint density at radius 1 is 1.40 bits per heavy atom. The van der Waals surface area contributed by atoms with Crippen LogP contribution in [-0.4, -0.2) is 47.5 Å². The second-order valence-electron chi connectivity index (χ2n) is 4.50. The molecule has 0 saturated carbocycles. The largest absolute Gasteiger partial charge is 0.478 e. The number of anilines is 1. The number of urea groups is 1. The van der Waals surface area contributed by atoms with Crippen LogP contribution in [0.1, 0.15) is 15.9 Å². The fraction of sp³-hybridized carbons (Fsp3) is 0.308. The van der Waals surface area contributed by atoms with Gasteiger partial charge < -0.3 is 20.6 Å². The van der Waals surface area contributed by atoms with Gasteiger partial charge in [0.2, 0.25) is 5.91 Å². The molecule has 1 fully saturated rings. The molecule has 3 amide bonds. The minimum Gasteiger partial charge on any atom is -0.478 e. The molecule has 1 saturated heterocycles. The molecule has 1 aliphatic heterocycles. The van der Waals surface area contributed by atoms with Crippen molar-refractivity contribution >= 4 is 23.6 Å². The van der Waals surface area contributed by atoms with Crippen LogP contribution in [0, 0.1) is 6.92 Å². The van der Waals surface area contributed by atoms with Gasteiger partial charge in [-0.05, 0) is 18.6 Å². The lowest BCUT2D eigenvalue weighted by Crippen LogP contribution is -2.51. The van der Waals surface area contributed by atoms with Crippen LogP contribution in [0.2, 0.25) is 0 Å². The van der Waals surface area contributed by atoms with Gasteiger partial charge in [-0.2, -0.15) is 0 Å². The number of aromatic carboxylic acids is 1. The van der Waals surface area contributed by atoms with Gasteiger partial charge in [0, 0.05) is 13.1 Å². The maximum absolute atomic E-state index is 12.0. The van der Waals surface area contributed by atoms with Crippen molar-refractivity contribution in [3.63, 3.8) is 0 Å². The SMILES string of the molecule is Cc1cccc(NC(=O)N2CCNC(=O)C2)c1C(=O)O. The molecule has 7 heteroatoms. The summed E-state index contributed by atoms with van der Waals surface area (Å²) in [7, 11) is 0. The summed E-state index contributed by atoms with van der Waals surface area (Å²) in [5, 5.41) is 14.3. The van der Waals surface area contributed by atoms with E-state index in [2.05, 4.69) is 10.6 Å². The zero-order chi connectivity index (χ0) is 14.7. The van der Waals surface area contributed by atoms with Gasteiger partial charge in [0.25, 0.3) is 0 Å². The standard InChI is InChI=1S/C13H15N3O4/c1-8-3-2-4-9(11(8)12(18)19)15-13(20)16-6-5-14-10(17)7-16/h2-4H,5-7H2,1H3,(H,14,17)(H,15,20)(H,18,19). The molecule has 0 radical (unpaired) electrons. The van der Waals surface area contributed by atoms with E-state index < -0.39 is 12.0 Å². The highest BCUT2D eigenvalue weighted by Crippen LogP contribution is 2.20. The third kappa shape index (κ3) is 2.87. The monoisotopic (exact) mass is 277 g/mol. The van der Waals surface area contributed by atoms with E-state index in [-0.39, 0.29) is 23.7 Å². The average Bonchev–Trinajstić information content (AvgIpc) is 2.38. The van der Waals surface area contributed by atoms with Crippen molar-refractivity contribution in [1.29, 1.82) is 0 Å². The van der Waals surface area contributed by atoms with Gasteiger partial charge in [-0.25, -0.2) is 9.59 Å². The molecule has 0 spiro atoms. The summed E-state index contributed by atoms with van der Waals surface area (Å²) >= 11 is 0. The van der Waals surface area contributed by atoms with E-state index in [0.29, 0.717) is 18.7 Å². The molecule has 0 bridgehead atoms. The highest BCUT2D eigenvalue weighted by atomic mass is 16.4. The van der Waals surface area contributed by atoms with Crippen LogP contribution in [0.25, 0.3) is 0 Å². The fourth-order valence-corrected chi connectivity index (χ4v) is 2.06. The summed E-state index contributed by atoms with van der Waals surface area (Å²) in [6.45, 7) is 2.42. The molecule has 20 heavy (non-hydrogen) atoms. The Hall–Kier alpha value is -2.57. The number of carbonyl (C=O) groups excluding carboxylic acids is 2. The second-order valence-corrected chi connectivity index (χ2v) is 4.50. The molecule has 0 atom stereocenters. The summed E-state index contributed by atoms with van der Waals surface area (Å²) in [4.78, 5) is 35.8. The number of aryl methyl sites for hydroxylation is 1. The number of hydrogen-bond donors (Lipinski definition) is 3. The van der Waals surface area contributed by atoms with Gasteiger partial charge in [-0.3, -0.25) is 4.79 Å². The third-order valence-corrected chi connectivity index (χ3v) is 3.05. The first-order chi connectivity index (χ1) is 9.49. The zero-order valence-corrected chi connectivity index (χ0v) is 11.0.